The lowest BCUT2D eigenvalue weighted by atomic mass is 9.86. The first-order valence-corrected chi connectivity index (χ1v) is 9.09. The number of nitrogens with one attached hydrogen (secondary N) is 1. The van der Waals surface area contributed by atoms with Crippen LogP contribution in [-0.4, -0.2) is 34.4 Å². The monoisotopic (exact) mass is 363 g/mol. The maximum atomic E-state index is 12.7. The third kappa shape index (κ3) is 3.85. The summed E-state index contributed by atoms with van der Waals surface area (Å²) in [7, 11) is 0. The van der Waals surface area contributed by atoms with E-state index >= 15 is 0 Å². The molecule has 1 atom stereocenters. The Hall–Kier alpha value is -1.52. The highest BCUT2D eigenvalue weighted by Crippen LogP contribution is 2.36. The Morgan fingerprint density at radius 1 is 1.32 bits per heavy atom. The van der Waals surface area contributed by atoms with E-state index in [1.165, 1.54) is 22.2 Å². The molecular formula is C20H30ClN3O. The first-order chi connectivity index (χ1) is 11.4. The first kappa shape index (κ1) is 19.8. The average molecular weight is 364 g/mol. The van der Waals surface area contributed by atoms with E-state index in [0.717, 1.165) is 38.8 Å². The van der Waals surface area contributed by atoms with E-state index < -0.39 is 5.54 Å². The predicted octanol–water partition coefficient (Wildman–Crippen LogP) is 4.12. The fourth-order valence-electron chi connectivity index (χ4n) is 4.18. The smallest absolute Gasteiger partial charge is 0.242 e. The predicted molar refractivity (Wildman–Crippen MR) is 106 cm³/mol. The molecule has 0 spiro atoms. The number of nitrogens with zero attached hydrogens (tertiary/aromatic N) is 1. The molecule has 0 bridgehead atoms. The minimum absolute atomic E-state index is 0. The molecular weight excluding hydrogens is 334 g/mol. The van der Waals surface area contributed by atoms with Crippen LogP contribution < -0.4 is 5.73 Å². The quantitative estimate of drug-likeness (QED) is 0.858. The number of halogens is 1. The van der Waals surface area contributed by atoms with Crippen molar-refractivity contribution < 1.29 is 4.79 Å². The number of aryl methyl sites for hydroxylation is 1. The second kappa shape index (κ2) is 7.79. The fraction of sp³-hybridized carbons (Fsp3) is 0.550. The SMILES string of the molecule is CCCC(C)(N)C(=O)N1CCC(c2c(C)[nH]c3ccccc23)CC1.Cl. The van der Waals surface area contributed by atoms with Gasteiger partial charge in [0, 0.05) is 29.7 Å². The van der Waals surface area contributed by atoms with Gasteiger partial charge in [0.05, 0.1) is 5.54 Å². The van der Waals surface area contributed by atoms with Crippen molar-refractivity contribution in [2.24, 2.45) is 5.73 Å². The van der Waals surface area contributed by atoms with Crippen LogP contribution in [0.15, 0.2) is 24.3 Å². The number of likely N-dealkylation sites (tertiary alicyclic amines) is 1. The minimum atomic E-state index is -0.724. The third-order valence-corrected chi connectivity index (χ3v) is 5.39. The zero-order valence-electron chi connectivity index (χ0n) is 15.5. The number of para-hydroxylation sites is 1. The summed E-state index contributed by atoms with van der Waals surface area (Å²) in [5.74, 6) is 0.624. The minimum Gasteiger partial charge on any atom is -0.358 e. The standard InChI is InChI=1S/C20H29N3O.ClH/c1-4-11-20(3,21)19(24)23-12-9-15(10-13-23)18-14(2)22-17-8-6-5-7-16(17)18;/h5-8,15,22H,4,9-13,21H2,1-3H3;1H. The van der Waals surface area contributed by atoms with Gasteiger partial charge < -0.3 is 15.6 Å². The number of aromatic amines is 1. The summed E-state index contributed by atoms with van der Waals surface area (Å²) >= 11 is 0. The van der Waals surface area contributed by atoms with Gasteiger partial charge in [-0.2, -0.15) is 0 Å². The molecule has 0 aliphatic carbocycles. The Bertz CT molecular complexity index is 730. The topological polar surface area (TPSA) is 62.1 Å². The van der Waals surface area contributed by atoms with Crippen molar-refractivity contribution in [1.82, 2.24) is 9.88 Å². The Kier molecular flexibility index (Phi) is 6.17. The Labute approximate surface area is 156 Å². The van der Waals surface area contributed by atoms with Crippen molar-refractivity contribution in [2.45, 2.75) is 57.9 Å². The number of nitrogens with two attached hydrogens (primary N) is 1. The molecule has 1 aromatic carbocycles. The van der Waals surface area contributed by atoms with Gasteiger partial charge in [0.1, 0.15) is 0 Å². The van der Waals surface area contributed by atoms with Gasteiger partial charge in [-0.25, -0.2) is 0 Å². The van der Waals surface area contributed by atoms with Gasteiger partial charge in [-0.15, -0.1) is 12.4 Å². The zero-order valence-corrected chi connectivity index (χ0v) is 16.3. The first-order valence-electron chi connectivity index (χ1n) is 9.09. The molecule has 1 saturated heterocycles. The van der Waals surface area contributed by atoms with Gasteiger partial charge in [0.2, 0.25) is 5.91 Å². The summed E-state index contributed by atoms with van der Waals surface area (Å²) in [4.78, 5) is 18.1. The summed E-state index contributed by atoms with van der Waals surface area (Å²) in [5.41, 5.74) is 9.41. The molecule has 1 amide bonds. The Morgan fingerprint density at radius 3 is 2.60 bits per heavy atom. The second-order valence-corrected chi connectivity index (χ2v) is 7.44. The number of aromatic nitrogens is 1. The van der Waals surface area contributed by atoms with Gasteiger partial charge in [-0.05, 0) is 50.7 Å². The van der Waals surface area contributed by atoms with Crippen molar-refractivity contribution in [3.63, 3.8) is 0 Å². The van der Waals surface area contributed by atoms with Gasteiger partial charge in [0.15, 0.2) is 0 Å². The summed E-state index contributed by atoms with van der Waals surface area (Å²) in [6, 6.07) is 8.50. The largest absolute Gasteiger partial charge is 0.358 e. The molecule has 1 unspecified atom stereocenters. The van der Waals surface area contributed by atoms with Crippen LogP contribution in [0.1, 0.15) is 56.7 Å². The van der Waals surface area contributed by atoms with Gasteiger partial charge in [0.25, 0.3) is 0 Å². The molecule has 2 heterocycles. The molecule has 25 heavy (non-hydrogen) atoms. The molecule has 1 aliphatic heterocycles. The summed E-state index contributed by atoms with van der Waals surface area (Å²) < 4.78 is 0. The molecule has 3 N–H and O–H groups in total. The van der Waals surface area contributed by atoms with Crippen LogP contribution in [0.5, 0.6) is 0 Å². The van der Waals surface area contributed by atoms with E-state index in [4.69, 9.17) is 5.73 Å². The van der Waals surface area contributed by atoms with Crippen LogP contribution in [-0.2, 0) is 4.79 Å². The Balaban J connectivity index is 0.00000225. The maximum Gasteiger partial charge on any atom is 0.242 e. The number of carbonyl (C=O) groups excluding carboxylic acids is 1. The van der Waals surface area contributed by atoms with Crippen molar-refractivity contribution in [3.05, 3.63) is 35.5 Å². The van der Waals surface area contributed by atoms with Crippen molar-refractivity contribution in [3.8, 4) is 0 Å². The molecule has 1 aromatic heterocycles. The molecule has 3 rings (SSSR count). The lowest BCUT2D eigenvalue weighted by molar-refractivity contribution is -0.137. The summed E-state index contributed by atoms with van der Waals surface area (Å²) in [5, 5.41) is 1.33. The fourth-order valence-corrected chi connectivity index (χ4v) is 4.18. The van der Waals surface area contributed by atoms with Crippen LogP contribution >= 0.6 is 12.4 Å². The van der Waals surface area contributed by atoms with Gasteiger partial charge in [-0.1, -0.05) is 31.5 Å². The molecule has 5 heteroatoms. The van der Waals surface area contributed by atoms with Crippen molar-refractivity contribution >= 4 is 29.2 Å². The van der Waals surface area contributed by atoms with Crippen LogP contribution in [0, 0.1) is 6.92 Å². The summed E-state index contributed by atoms with van der Waals surface area (Å²) in [6.07, 6.45) is 3.70. The number of amides is 1. The molecule has 4 nitrogen and oxygen atoms in total. The number of benzene rings is 1. The number of rotatable bonds is 4. The number of H-pyrrole nitrogens is 1. The highest BCUT2D eigenvalue weighted by Gasteiger charge is 2.34. The average Bonchev–Trinajstić information content (AvgIpc) is 2.90. The van der Waals surface area contributed by atoms with E-state index in [1.807, 2.05) is 11.8 Å². The van der Waals surface area contributed by atoms with E-state index in [1.54, 1.807) is 0 Å². The maximum absolute atomic E-state index is 12.7. The zero-order chi connectivity index (χ0) is 17.3. The number of fused-ring (bicyclic) bond motifs is 1. The lowest BCUT2D eigenvalue weighted by Crippen LogP contribution is -2.54. The van der Waals surface area contributed by atoms with Crippen molar-refractivity contribution in [2.75, 3.05) is 13.1 Å². The molecule has 0 saturated carbocycles. The molecule has 0 radical (unpaired) electrons. The molecule has 2 aromatic rings. The van der Waals surface area contributed by atoms with E-state index in [0.29, 0.717) is 5.92 Å². The van der Waals surface area contributed by atoms with E-state index in [9.17, 15) is 4.79 Å². The van der Waals surface area contributed by atoms with E-state index in [-0.39, 0.29) is 18.3 Å². The second-order valence-electron chi connectivity index (χ2n) is 7.44. The van der Waals surface area contributed by atoms with Crippen LogP contribution in [0.25, 0.3) is 10.9 Å². The number of hydrogen-bond donors (Lipinski definition) is 2. The van der Waals surface area contributed by atoms with Crippen LogP contribution in [0.3, 0.4) is 0 Å². The number of piperidine rings is 1. The molecule has 1 fully saturated rings. The van der Waals surface area contributed by atoms with E-state index in [2.05, 4.69) is 43.1 Å². The normalized spacial score (nSPS) is 18.0. The van der Waals surface area contributed by atoms with Gasteiger partial charge in [-0.3, -0.25) is 4.79 Å². The molecule has 138 valence electrons. The highest BCUT2D eigenvalue weighted by atomic mass is 35.5. The molecule has 1 aliphatic rings. The third-order valence-electron chi connectivity index (χ3n) is 5.39. The number of hydrogen-bond acceptors (Lipinski definition) is 2. The van der Waals surface area contributed by atoms with Crippen molar-refractivity contribution in [1.29, 1.82) is 0 Å². The summed E-state index contributed by atoms with van der Waals surface area (Å²) in [6.45, 7) is 7.71. The highest BCUT2D eigenvalue weighted by molar-refractivity contribution is 5.86. The number of carbonyl (C=O) groups is 1. The van der Waals surface area contributed by atoms with Gasteiger partial charge >= 0.3 is 0 Å². The van der Waals surface area contributed by atoms with Crippen LogP contribution in [0.4, 0.5) is 0 Å². The lowest BCUT2D eigenvalue weighted by Gasteiger charge is -2.37. The Morgan fingerprint density at radius 2 is 1.96 bits per heavy atom. The van der Waals surface area contributed by atoms with Crippen LogP contribution in [0.2, 0.25) is 0 Å².